The third-order valence-electron chi connectivity index (χ3n) is 3.46. The van der Waals surface area contributed by atoms with Crippen LogP contribution < -0.4 is 14.9 Å². The van der Waals surface area contributed by atoms with E-state index in [4.69, 9.17) is 21.1 Å². The minimum atomic E-state index is -0.495. The number of benzene rings is 2. The number of anilines is 1. The molecule has 0 amide bonds. The summed E-state index contributed by atoms with van der Waals surface area (Å²) in [5, 5.41) is 16.0. The van der Waals surface area contributed by atoms with Crippen LogP contribution in [0.25, 0.3) is 0 Å². The molecule has 0 radical (unpaired) electrons. The predicted octanol–water partition coefficient (Wildman–Crippen LogP) is 4.80. The number of halogens is 1. The molecule has 8 heteroatoms. The largest absolute Gasteiger partial charge is 0.493 e. The summed E-state index contributed by atoms with van der Waals surface area (Å²) in [6.45, 7) is 6.22. The molecule has 0 spiro atoms. The van der Waals surface area contributed by atoms with Gasteiger partial charge in [0.25, 0.3) is 0 Å². The minimum absolute atomic E-state index is 0.143. The van der Waals surface area contributed by atoms with Crippen molar-refractivity contribution in [2.75, 3.05) is 18.6 Å². The molecule has 0 aliphatic rings. The first-order valence-corrected chi connectivity index (χ1v) is 8.47. The lowest BCUT2D eigenvalue weighted by molar-refractivity contribution is -0.385. The number of hydrazone groups is 1. The van der Waals surface area contributed by atoms with Gasteiger partial charge in [0.2, 0.25) is 5.75 Å². The van der Waals surface area contributed by atoms with Crippen molar-refractivity contribution in [3.05, 3.63) is 56.6 Å². The lowest BCUT2D eigenvalue weighted by Crippen LogP contribution is -2.03. The summed E-state index contributed by atoms with van der Waals surface area (Å²) in [6.07, 6.45) is 1.46. The highest BCUT2D eigenvalue weighted by Crippen LogP contribution is 2.34. The van der Waals surface area contributed by atoms with E-state index >= 15 is 0 Å². The number of nitrogens with zero attached hydrogens (tertiary/aromatic N) is 2. The molecule has 7 nitrogen and oxygen atoms in total. The standard InChI is InChI=1S/C18H20ClN3O4/c1-4-25-17-10-18(26-5-2)16(22(23)24)8-13(17)11-20-21-14-7-6-12(3)15(19)9-14/h6-11,21H,4-5H2,1-3H3/b20-11+. The molecule has 2 aromatic rings. The van der Waals surface area contributed by atoms with Crippen molar-refractivity contribution in [1.29, 1.82) is 0 Å². The van der Waals surface area contributed by atoms with Crippen molar-refractivity contribution >= 4 is 29.2 Å². The van der Waals surface area contributed by atoms with Crippen LogP contribution in [-0.4, -0.2) is 24.4 Å². The third-order valence-corrected chi connectivity index (χ3v) is 3.86. The maximum absolute atomic E-state index is 11.3. The van der Waals surface area contributed by atoms with Gasteiger partial charge in [0, 0.05) is 22.7 Å². The lowest BCUT2D eigenvalue weighted by Gasteiger charge is -2.11. The van der Waals surface area contributed by atoms with Gasteiger partial charge in [-0.2, -0.15) is 5.10 Å². The van der Waals surface area contributed by atoms with Gasteiger partial charge < -0.3 is 9.47 Å². The van der Waals surface area contributed by atoms with Gasteiger partial charge >= 0.3 is 5.69 Å². The molecule has 0 aliphatic carbocycles. The molecule has 138 valence electrons. The second-order valence-corrected chi connectivity index (χ2v) is 5.72. The van der Waals surface area contributed by atoms with Gasteiger partial charge in [-0.15, -0.1) is 0 Å². The van der Waals surface area contributed by atoms with E-state index in [0.29, 0.717) is 35.2 Å². The number of rotatable bonds is 8. The molecule has 0 bridgehead atoms. The summed E-state index contributed by atoms with van der Waals surface area (Å²) in [5.41, 5.74) is 4.83. The average Bonchev–Trinajstić information content (AvgIpc) is 2.60. The van der Waals surface area contributed by atoms with Crippen LogP contribution in [0.3, 0.4) is 0 Å². The van der Waals surface area contributed by atoms with E-state index in [1.807, 2.05) is 26.0 Å². The highest BCUT2D eigenvalue weighted by atomic mass is 35.5. The fourth-order valence-corrected chi connectivity index (χ4v) is 2.38. The van der Waals surface area contributed by atoms with Crippen molar-refractivity contribution < 1.29 is 14.4 Å². The zero-order valence-corrected chi connectivity index (χ0v) is 15.5. The molecule has 0 unspecified atom stereocenters. The average molecular weight is 378 g/mol. The first-order chi connectivity index (χ1) is 12.5. The van der Waals surface area contributed by atoms with Crippen LogP contribution in [0.4, 0.5) is 11.4 Å². The van der Waals surface area contributed by atoms with Crippen LogP contribution in [0, 0.1) is 17.0 Å². The van der Waals surface area contributed by atoms with Crippen molar-refractivity contribution in [3.63, 3.8) is 0 Å². The van der Waals surface area contributed by atoms with Crippen molar-refractivity contribution in [3.8, 4) is 11.5 Å². The highest BCUT2D eigenvalue weighted by Gasteiger charge is 2.19. The molecule has 0 saturated carbocycles. The Morgan fingerprint density at radius 3 is 2.50 bits per heavy atom. The first kappa shape index (κ1) is 19.5. The Morgan fingerprint density at radius 1 is 1.19 bits per heavy atom. The van der Waals surface area contributed by atoms with Crippen molar-refractivity contribution in [1.82, 2.24) is 0 Å². The zero-order chi connectivity index (χ0) is 19.1. The molecular weight excluding hydrogens is 358 g/mol. The van der Waals surface area contributed by atoms with E-state index in [9.17, 15) is 10.1 Å². The van der Waals surface area contributed by atoms with E-state index in [2.05, 4.69) is 10.5 Å². The van der Waals surface area contributed by atoms with Crippen LogP contribution in [0.1, 0.15) is 25.0 Å². The molecule has 2 rings (SSSR count). The number of hydrogen-bond acceptors (Lipinski definition) is 6. The molecule has 1 N–H and O–H groups in total. The Bertz CT molecular complexity index is 824. The number of hydrogen-bond donors (Lipinski definition) is 1. The second-order valence-electron chi connectivity index (χ2n) is 5.31. The SMILES string of the molecule is CCOc1cc(OCC)c([N+](=O)[O-])cc1/C=N/Nc1ccc(C)c(Cl)c1. The van der Waals surface area contributed by atoms with Gasteiger partial charge in [0.05, 0.1) is 30.0 Å². The molecule has 0 aliphatic heterocycles. The molecule has 0 heterocycles. The van der Waals surface area contributed by atoms with E-state index in [1.54, 1.807) is 13.0 Å². The monoisotopic (exact) mass is 377 g/mol. The number of ether oxygens (including phenoxy) is 2. The molecule has 0 saturated heterocycles. The minimum Gasteiger partial charge on any atom is -0.493 e. The fraction of sp³-hybridized carbons (Fsp3) is 0.278. The quantitative estimate of drug-likeness (QED) is 0.405. The zero-order valence-electron chi connectivity index (χ0n) is 14.8. The summed E-state index contributed by atoms with van der Waals surface area (Å²) < 4.78 is 10.9. The van der Waals surface area contributed by atoms with E-state index < -0.39 is 4.92 Å². The Hall–Kier alpha value is -2.80. The molecule has 26 heavy (non-hydrogen) atoms. The van der Waals surface area contributed by atoms with E-state index in [0.717, 1.165) is 5.56 Å². The summed E-state index contributed by atoms with van der Waals surface area (Å²) in [4.78, 5) is 10.8. The second kappa shape index (κ2) is 9.05. The maximum atomic E-state index is 11.3. The van der Waals surface area contributed by atoms with Crippen LogP contribution in [0.5, 0.6) is 11.5 Å². The Balaban J connectivity index is 2.31. The number of aryl methyl sites for hydroxylation is 1. The summed E-state index contributed by atoms with van der Waals surface area (Å²) >= 11 is 6.08. The van der Waals surface area contributed by atoms with Crippen LogP contribution in [0.15, 0.2) is 35.4 Å². The molecule has 2 aromatic carbocycles. The Labute approximate surface area is 156 Å². The summed E-state index contributed by atoms with van der Waals surface area (Å²) in [7, 11) is 0. The summed E-state index contributed by atoms with van der Waals surface area (Å²) in [6, 6.07) is 8.34. The van der Waals surface area contributed by atoms with Gasteiger partial charge in [-0.3, -0.25) is 15.5 Å². The molecule has 0 aromatic heterocycles. The number of nitro benzene ring substituents is 1. The summed E-state index contributed by atoms with van der Waals surface area (Å²) in [5.74, 6) is 0.616. The van der Waals surface area contributed by atoms with Crippen LogP contribution in [-0.2, 0) is 0 Å². The highest BCUT2D eigenvalue weighted by molar-refractivity contribution is 6.31. The molecule has 0 atom stereocenters. The normalized spacial score (nSPS) is 10.8. The first-order valence-electron chi connectivity index (χ1n) is 8.09. The van der Waals surface area contributed by atoms with Crippen molar-refractivity contribution in [2.45, 2.75) is 20.8 Å². The molecular formula is C18H20ClN3O4. The van der Waals surface area contributed by atoms with E-state index in [1.165, 1.54) is 18.3 Å². The van der Waals surface area contributed by atoms with Gasteiger partial charge in [0.1, 0.15) is 5.75 Å². The van der Waals surface area contributed by atoms with Crippen molar-refractivity contribution in [2.24, 2.45) is 5.10 Å². The van der Waals surface area contributed by atoms with Crippen LogP contribution in [0.2, 0.25) is 5.02 Å². The Morgan fingerprint density at radius 2 is 1.88 bits per heavy atom. The number of nitro groups is 1. The third kappa shape index (κ3) is 4.86. The topological polar surface area (TPSA) is 86.0 Å². The molecule has 0 fully saturated rings. The number of nitrogens with one attached hydrogen (secondary N) is 1. The van der Waals surface area contributed by atoms with E-state index in [-0.39, 0.29) is 11.4 Å². The van der Waals surface area contributed by atoms with Gasteiger partial charge in [-0.1, -0.05) is 17.7 Å². The maximum Gasteiger partial charge on any atom is 0.311 e. The van der Waals surface area contributed by atoms with Gasteiger partial charge in [-0.05, 0) is 38.5 Å². The fourth-order valence-electron chi connectivity index (χ4n) is 2.20. The predicted molar refractivity (Wildman–Crippen MR) is 103 cm³/mol. The van der Waals surface area contributed by atoms with Gasteiger partial charge in [-0.25, -0.2) is 0 Å². The smallest absolute Gasteiger partial charge is 0.311 e. The Kier molecular flexibility index (Phi) is 6.80. The lowest BCUT2D eigenvalue weighted by atomic mass is 10.1. The van der Waals surface area contributed by atoms with Crippen LogP contribution >= 0.6 is 11.6 Å². The van der Waals surface area contributed by atoms with Gasteiger partial charge in [0.15, 0.2) is 0 Å².